The number of aromatic hydroxyl groups is 1. The normalized spacial score (nSPS) is 11.7. The molecule has 0 aliphatic heterocycles. The van der Waals surface area contributed by atoms with E-state index in [4.69, 9.17) is 4.74 Å². The number of phenols is 1. The van der Waals surface area contributed by atoms with Crippen molar-refractivity contribution in [2.45, 2.75) is 17.3 Å². The van der Waals surface area contributed by atoms with Gasteiger partial charge in [0.1, 0.15) is 11.5 Å². The van der Waals surface area contributed by atoms with Crippen molar-refractivity contribution in [2.24, 2.45) is 0 Å². The van der Waals surface area contributed by atoms with Crippen molar-refractivity contribution in [1.29, 1.82) is 0 Å². The smallest absolute Gasteiger partial charge is 0.237 e. The van der Waals surface area contributed by atoms with Crippen LogP contribution in [0, 0.1) is 0 Å². The van der Waals surface area contributed by atoms with Crippen molar-refractivity contribution in [3.05, 3.63) is 78.9 Å². The Labute approximate surface area is 190 Å². The first kappa shape index (κ1) is 21.5. The number of carbonyl (C=O) groups is 1. The summed E-state index contributed by atoms with van der Waals surface area (Å²) in [6.45, 7) is 1.83. The predicted octanol–water partition coefficient (Wildman–Crippen LogP) is 4.77. The average molecular weight is 447 g/mol. The van der Waals surface area contributed by atoms with Gasteiger partial charge < -0.3 is 15.2 Å². The number of ether oxygens (including phenoxy) is 1. The molecule has 0 aliphatic rings. The number of phenolic OH excluding ortho intramolecular Hbond substituents is 1. The van der Waals surface area contributed by atoms with Crippen LogP contribution in [-0.4, -0.2) is 38.1 Å². The summed E-state index contributed by atoms with van der Waals surface area (Å²) in [5, 5.41) is 21.5. The Bertz CT molecular complexity index is 1190. The number of anilines is 1. The van der Waals surface area contributed by atoms with Crippen LogP contribution in [0.2, 0.25) is 0 Å². The van der Waals surface area contributed by atoms with Gasteiger partial charge in [-0.2, -0.15) is 0 Å². The number of benzene rings is 3. The zero-order valence-corrected chi connectivity index (χ0v) is 18.4. The minimum Gasteiger partial charge on any atom is -0.508 e. The lowest BCUT2D eigenvalue weighted by molar-refractivity contribution is -0.115. The number of nitrogens with one attached hydrogen (secondary N) is 1. The average Bonchev–Trinajstić information content (AvgIpc) is 3.23. The summed E-state index contributed by atoms with van der Waals surface area (Å²) >= 11 is 1.32. The molecule has 0 spiro atoms. The van der Waals surface area contributed by atoms with Crippen LogP contribution in [0.1, 0.15) is 6.92 Å². The van der Waals surface area contributed by atoms with Crippen LogP contribution in [0.15, 0.2) is 84.0 Å². The molecule has 1 aromatic heterocycles. The largest absolute Gasteiger partial charge is 0.508 e. The fourth-order valence-corrected chi connectivity index (χ4v) is 3.95. The quantitative estimate of drug-likeness (QED) is 0.398. The molecule has 0 aliphatic carbocycles. The van der Waals surface area contributed by atoms with E-state index in [-0.39, 0.29) is 11.7 Å². The number of methoxy groups -OCH3 is 1. The van der Waals surface area contributed by atoms with Crippen molar-refractivity contribution >= 4 is 23.4 Å². The predicted molar refractivity (Wildman–Crippen MR) is 125 cm³/mol. The van der Waals surface area contributed by atoms with Crippen LogP contribution in [0.3, 0.4) is 0 Å². The van der Waals surface area contributed by atoms with Gasteiger partial charge in [0.15, 0.2) is 11.0 Å². The Balaban J connectivity index is 1.66. The maximum Gasteiger partial charge on any atom is 0.237 e. The van der Waals surface area contributed by atoms with E-state index in [2.05, 4.69) is 15.5 Å². The van der Waals surface area contributed by atoms with Crippen molar-refractivity contribution in [3.8, 4) is 28.6 Å². The van der Waals surface area contributed by atoms with Crippen LogP contribution >= 0.6 is 11.8 Å². The molecule has 0 saturated heterocycles. The summed E-state index contributed by atoms with van der Waals surface area (Å²) in [6.07, 6.45) is 0. The first-order valence-corrected chi connectivity index (χ1v) is 10.8. The van der Waals surface area contributed by atoms with Gasteiger partial charge in [0.2, 0.25) is 5.91 Å². The van der Waals surface area contributed by atoms with Crippen LogP contribution in [0.5, 0.6) is 11.5 Å². The summed E-state index contributed by atoms with van der Waals surface area (Å²) in [4.78, 5) is 12.7. The number of hydrogen-bond acceptors (Lipinski definition) is 6. The maximum absolute atomic E-state index is 12.7. The second-order valence-electron chi connectivity index (χ2n) is 7.00. The molecule has 1 amide bonds. The van der Waals surface area contributed by atoms with Gasteiger partial charge in [0.05, 0.1) is 12.4 Å². The van der Waals surface area contributed by atoms with Crippen LogP contribution in [0.25, 0.3) is 17.1 Å². The minimum absolute atomic E-state index is 0.128. The van der Waals surface area contributed by atoms with Gasteiger partial charge in [0, 0.05) is 16.9 Å². The number of nitrogens with zero attached hydrogens (tertiary/aromatic N) is 3. The molecule has 1 unspecified atom stereocenters. The first-order chi connectivity index (χ1) is 15.5. The molecular weight excluding hydrogens is 424 g/mol. The van der Waals surface area contributed by atoms with Gasteiger partial charge in [0.25, 0.3) is 0 Å². The Kier molecular flexibility index (Phi) is 6.42. The fourth-order valence-electron chi connectivity index (χ4n) is 3.08. The third-order valence-electron chi connectivity index (χ3n) is 4.78. The number of hydrogen-bond donors (Lipinski definition) is 2. The third-order valence-corrected chi connectivity index (χ3v) is 5.82. The highest BCUT2D eigenvalue weighted by atomic mass is 32.2. The standard InChI is InChI=1S/C24H22N4O3S/c1-16(23(30)25-18-6-4-3-5-7-18)32-24-27-26-22(17-8-12-20(29)13-9-17)28(24)19-10-14-21(31-2)15-11-19/h3-16,29H,1-2H3,(H,25,30). The molecule has 8 heteroatoms. The molecule has 0 bridgehead atoms. The molecular formula is C24H22N4O3S. The molecule has 162 valence electrons. The lowest BCUT2D eigenvalue weighted by atomic mass is 10.2. The second-order valence-corrected chi connectivity index (χ2v) is 8.31. The third kappa shape index (κ3) is 4.76. The molecule has 4 aromatic rings. The van der Waals surface area contributed by atoms with Crippen LogP contribution in [0.4, 0.5) is 5.69 Å². The first-order valence-electron chi connectivity index (χ1n) is 9.97. The van der Waals surface area contributed by atoms with Crippen molar-refractivity contribution in [2.75, 3.05) is 12.4 Å². The van der Waals surface area contributed by atoms with Gasteiger partial charge in [-0.25, -0.2) is 0 Å². The molecule has 1 atom stereocenters. The second kappa shape index (κ2) is 9.57. The van der Waals surface area contributed by atoms with Gasteiger partial charge >= 0.3 is 0 Å². The monoisotopic (exact) mass is 446 g/mol. The summed E-state index contributed by atoms with van der Waals surface area (Å²) in [6, 6.07) is 23.6. The summed E-state index contributed by atoms with van der Waals surface area (Å²) in [7, 11) is 1.62. The lowest BCUT2D eigenvalue weighted by Crippen LogP contribution is -2.22. The Morgan fingerprint density at radius 2 is 1.69 bits per heavy atom. The number of thioether (sulfide) groups is 1. The highest BCUT2D eigenvalue weighted by Crippen LogP contribution is 2.31. The maximum atomic E-state index is 12.7. The molecule has 3 aromatic carbocycles. The highest BCUT2D eigenvalue weighted by Gasteiger charge is 2.22. The highest BCUT2D eigenvalue weighted by molar-refractivity contribution is 8.00. The molecule has 7 nitrogen and oxygen atoms in total. The number of amides is 1. The molecule has 32 heavy (non-hydrogen) atoms. The van der Waals surface area contributed by atoms with Crippen molar-refractivity contribution < 1.29 is 14.6 Å². The van der Waals surface area contributed by atoms with Crippen LogP contribution < -0.4 is 10.1 Å². The van der Waals surface area contributed by atoms with E-state index >= 15 is 0 Å². The van der Waals surface area contributed by atoms with E-state index in [0.29, 0.717) is 11.0 Å². The van der Waals surface area contributed by atoms with Gasteiger partial charge in [-0.1, -0.05) is 30.0 Å². The van der Waals surface area contributed by atoms with Gasteiger partial charge in [-0.15, -0.1) is 10.2 Å². The molecule has 1 heterocycles. The van der Waals surface area contributed by atoms with E-state index in [1.165, 1.54) is 11.8 Å². The summed E-state index contributed by atoms with van der Waals surface area (Å²) in [5.41, 5.74) is 2.36. The van der Waals surface area contributed by atoms with E-state index in [9.17, 15) is 9.90 Å². The van der Waals surface area contributed by atoms with E-state index in [0.717, 1.165) is 22.7 Å². The SMILES string of the molecule is COc1ccc(-n2c(SC(C)C(=O)Nc3ccccc3)nnc2-c2ccc(O)cc2)cc1. The Hall–Kier alpha value is -3.78. The van der Waals surface area contributed by atoms with Crippen molar-refractivity contribution in [3.63, 3.8) is 0 Å². The molecule has 4 rings (SSSR count). The van der Waals surface area contributed by atoms with E-state index < -0.39 is 5.25 Å². The molecule has 0 fully saturated rings. The Morgan fingerprint density at radius 1 is 1.00 bits per heavy atom. The van der Waals surface area contributed by atoms with Crippen molar-refractivity contribution in [1.82, 2.24) is 14.8 Å². The molecule has 2 N–H and O–H groups in total. The molecule has 0 saturated carbocycles. The molecule has 0 radical (unpaired) electrons. The summed E-state index contributed by atoms with van der Waals surface area (Å²) in [5.74, 6) is 1.38. The van der Waals surface area contributed by atoms with Gasteiger partial charge in [-0.3, -0.25) is 9.36 Å². The summed E-state index contributed by atoms with van der Waals surface area (Å²) < 4.78 is 7.16. The van der Waals surface area contributed by atoms with E-state index in [1.807, 2.05) is 66.1 Å². The van der Waals surface area contributed by atoms with Crippen LogP contribution in [-0.2, 0) is 4.79 Å². The minimum atomic E-state index is -0.413. The zero-order valence-electron chi connectivity index (χ0n) is 17.6. The number of para-hydroxylation sites is 1. The number of aromatic nitrogens is 3. The number of carbonyl (C=O) groups excluding carboxylic acids is 1. The number of rotatable bonds is 7. The van der Waals surface area contributed by atoms with E-state index in [1.54, 1.807) is 31.4 Å². The topological polar surface area (TPSA) is 89.3 Å². The Morgan fingerprint density at radius 3 is 2.34 bits per heavy atom. The lowest BCUT2D eigenvalue weighted by Gasteiger charge is -2.14. The van der Waals surface area contributed by atoms with Gasteiger partial charge in [-0.05, 0) is 67.6 Å². The zero-order chi connectivity index (χ0) is 22.5. The fraction of sp³-hybridized carbons (Fsp3) is 0.125.